The molecule has 1 aromatic rings. The average Bonchev–Trinajstić information content (AvgIpc) is 2.19. The van der Waals surface area contributed by atoms with Crippen molar-refractivity contribution in [1.29, 1.82) is 0 Å². The Kier molecular flexibility index (Phi) is 2.45. The number of aromatic nitrogens is 1. The molecule has 0 aromatic carbocycles. The van der Waals surface area contributed by atoms with Gasteiger partial charge in [-0.05, 0) is 19.1 Å². The summed E-state index contributed by atoms with van der Waals surface area (Å²) in [4.78, 5) is 6.49. The molecule has 0 bridgehead atoms. The third-order valence-electron chi connectivity index (χ3n) is 2.17. The molecular formula is C10H13N2O. The molecule has 69 valence electrons. The van der Waals surface area contributed by atoms with E-state index in [4.69, 9.17) is 4.74 Å². The van der Waals surface area contributed by atoms with Crippen LogP contribution in [0.5, 0.6) is 0 Å². The quantitative estimate of drug-likeness (QED) is 0.642. The van der Waals surface area contributed by atoms with Gasteiger partial charge < -0.3 is 9.64 Å². The summed E-state index contributed by atoms with van der Waals surface area (Å²) in [6.45, 7) is 4.74. The zero-order chi connectivity index (χ0) is 9.10. The van der Waals surface area contributed by atoms with Gasteiger partial charge in [0.25, 0.3) is 0 Å². The summed E-state index contributed by atoms with van der Waals surface area (Å²) in [5.74, 6) is 1.02. The van der Waals surface area contributed by atoms with E-state index in [1.807, 2.05) is 12.1 Å². The van der Waals surface area contributed by atoms with Gasteiger partial charge in [0.05, 0.1) is 12.7 Å². The smallest absolute Gasteiger partial charge is 0.128 e. The number of hydrogen-bond donors (Lipinski definition) is 0. The molecule has 1 aliphatic heterocycles. The molecule has 1 saturated heterocycles. The Morgan fingerprint density at radius 3 is 3.31 bits per heavy atom. The molecule has 3 nitrogen and oxygen atoms in total. The van der Waals surface area contributed by atoms with Crippen LogP contribution in [0.3, 0.4) is 0 Å². The lowest BCUT2D eigenvalue weighted by Crippen LogP contribution is -2.41. The van der Waals surface area contributed by atoms with Crippen molar-refractivity contribution in [2.45, 2.75) is 13.0 Å². The van der Waals surface area contributed by atoms with Gasteiger partial charge in [-0.15, -0.1) is 0 Å². The van der Waals surface area contributed by atoms with E-state index in [1.165, 1.54) is 0 Å². The fourth-order valence-corrected chi connectivity index (χ4v) is 1.53. The van der Waals surface area contributed by atoms with E-state index in [1.54, 1.807) is 6.20 Å². The number of nitrogens with zero attached hydrogens (tertiary/aromatic N) is 2. The summed E-state index contributed by atoms with van der Waals surface area (Å²) in [5, 5.41) is 0. The van der Waals surface area contributed by atoms with Crippen LogP contribution in [0.4, 0.5) is 5.82 Å². The number of ether oxygens (including phenoxy) is 1. The molecule has 1 unspecified atom stereocenters. The molecule has 1 atom stereocenters. The molecule has 1 radical (unpaired) electrons. The van der Waals surface area contributed by atoms with E-state index < -0.39 is 0 Å². The van der Waals surface area contributed by atoms with Gasteiger partial charge in [-0.2, -0.15) is 0 Å². The topological polar surface area (TPSA) is 25.4 Å². The number of anilines is 1. The van der Waals surface area contributed by atoms with Crippen molar-refractivity contribution in [3.8, 4) is 0 Å². The molecule has 0 spiro atoms. The summed E-state index contributed by atoms with van der Waals surface area (Å²) in [5.41, 5.74) is 0. The molecule has 0 aliphatic carbocycles. The van der Waals surface area contributed by atoms with Gasteiger partial charge in [0.2, 0.25) is 0 Å². The second-order valence-electron chi connectivity index (χ2n) is 3.24. The Hall–Kier alpha value is -1.09. The Bertz CT molecular complexity index is 263. The first-order chi connectivity index (χ1) is 6.36. The van der Waals surface area contributed by atoms with E-state index in [0.29, 0.717) is 6.10 Å². The van der Waals surface area contributed by atoms with Crippen molar-refractivity contribution in [2.75, 3.05) is 24.6 Å². The Morgan fingerprint density at radius 1 is 1.69 bits per heavy atom. The van der Waals surface area contributed by atoms with E-state index in [0.717, 1.165) is 25.5 Å². The van der Waals surface area contributed by atoms with Gasteiger partial charge in [-0.25, -0.2) is 4.98 Å². The molecular weight excluding hydrogens is 164 g/mol. The van der Waals surface area contributed by atoms with Crippen LogP contribution in [0, 0.1) is 6.07 Å². The number of pyridine rings is 1. The first-order valence-corrected chi connectivity index (χ1v) is 4.55. The van der Waals surface area contributed by atoms with E-state index >= 15 is 0 Å². The van der Waals surface area contributed by atoms with Crippen LogP contribution in [0.15, 0.2) is 18.3 Å². The highest BCUT2D eigenvalue weighted by atomic mass is 16.5. The summed E-state index contributed by atoms with van der Waals surface area (Å²) >= 11 is 0. The maximum atomic E-state index is 5.45. The van der Waals surface area contributed by atoms with Crippen molar-refractivity contribution in [2.24, 2.45) is 0 Å². The molecule has 0 amide bonds. The summed E-state index contributed by atoms with van der Waals surface area (Å²) in [6, 6.07) is 6.79. The second-order valence-corrected chi connectivity index (χ2v) is 3.24. The van der Waals surface area contributed by atoms with Crippen LogP contribution in [0.25, 0.3) is 0 Å². The van der Waals surface area contributed by atoms with Crippen LogP contribution >= 0.6 is 0 Å². The summed E-state index contributed by atoms with van der Waals surface area (Å²) < 4.78 is 5.45. The lowest BCUT2D eigenvalue weighted by molar-refractivity contribution is 0.0529. The van der Waals surface area contributed by atoms with Gasteiger partial charge in [0, 0.05) is 25.4 Å². The minimum Gasteiger partial charge on any atom is -0.375 e. The van der Waals surface area contributed by atoms with Crippen molar-refractivity contribution < 1.29 is 4.74 Å². The molecule has 0 N–H and O–H groups in total. The maximum Gasteiger partial charge on any atom is 0.128 e. The molecule has 2 rings (SSSR count). The highest BCUT2D eigenvalue weighted by molar-refractivity contribution is 5.37. The van der Waals surface area contributed by atoms with Crippen molar-refractivity contribution in [3.63, 3.8) is 0 Å². The predicted octanol–water partition coefficient (Wildman–Crippen LogP) is 1.11. The zero-order valence-electron chi connectivity index (χ0n) is 7.73. The zero-order valence-corrected chi connectivity index (χ0v) is 7.73. The predicted molar refractivity (Wildman–Crippen MR) is 50.7 cm³/mol. The largest absolute Gasteiger partial charge is 0.375 e. The fourth-order valence-electron chi connectivity index (χ4n) is 1.53. The van der Waals surface area contributed by atoms with Crippen molar-refractivity contribution >= 4 is 5.82 Å². The van der Waals surface area contributed by atoms with E-state index in [2.05, 4.69) is 22.9 Å². The van der Waals surface area contributed by atoms with Gasteiger partial charge in [0.1, 0.15) is 5.82 Å². The summed E-state index contributed by atoms with van der Waals surface area (Å²) in [6.07, 6.45) is 2.01. The highest BCUT2D eigenvalue weighted by Crippen LogP contribution is 2.13. The number of rotatable bonds is 1. The SMILES string of the molecule is CC1CN(c2cc[c]cn2)CCO1. The lowest BCUT2D eigenvalue weighted by Gasteiger charge is -2.31. The average molecular weight is 177 g/mol. The minimum atomic E-state index is 0.305. The van der Waals surface area contributed by atoms with E-state index in [-0.39, 0.29) is 0 Å². The van der Waals surface area contributed by atoms with Crippen LogP contribution in [-0.4, -0.2) is 30.8 Å². The molecule has 1 aliphatic rings. The Labute approximate surface area is 78.3 Å². The lowest BCUT2D eigenvalue weighted by atomic mass is 10.3. The van der Waals surface area contributed by atoms with Gasteiger partial charge in [-0.1, -0.05) is 0 Å². The van der Waals surface area contributed by atoms with E-state index in [9.17, 15) is 0 Å². The van der Waals surface area contributed by atoms with Gasteiger partial charge >= 0.3 is 0 Å². The van der Waals surface area contributed by atoms with Crippen molar-refractivity contribution in [1.82, 2.24) is 4.98 Å². The fraction of sp³-hybridized carbons (Fsp3) is 0.500. The van der Waals surface area contributed by atoms with Crippen LogP contribution in [0.2, 0.25) is 0 Å². The first kappa shape index (κ1) is 8.51. The molecule has 2 heterocycles. The van der Waals surface area contributed by atoms with Crippen LogP contribution in [-0.2, 0) is 4.74 Å². The van der Waals surface area contributed by atoms with Gasteiger partial charge in [-0.3, -0.25) is 0 Å². The molecule has 3 heteroatoms. The first-order valence-electron chi connectivity index (χ1n) is 4.55. The third kappa shape index (κ3) is 1.98. The number of morpholine rings is 1. The standard InChI is InChI=1S/C10H13N2O/c1-9-8-12(6-7-13-9)10-4-2-3-5-11-10/h2,4-5,9H,6-8H2,1H3. The monoisotopic (exact) mass is 177 g/mol. The minimum absolute atomic E-state index is 0.305. The number of hydrogen-bond acceptors (Lipinski definition) is 3. The maximum absolute atomic E-state index is 5.45. The molecule has 1 aromatic heterocycles. The third-order valence-corrected chi connectivity index (χ3v) is 2.17. The molecule has 13 heavy (non-hydrogen) atoms. The van der Waals surface area contributed by atoms with Gasteiger partial charge in [0.15, 0.2) is 0 Å². The molecule has 0 saturated carbocycles. The van der Waals surface area contributed by atoms with Crippen LogP contribution < -0.4 is 4.90 Å². The second kappa shape index (κ2) is 3.75. The molecule has 1 fully saturated rings. The summed E-state index contributed by atoms with van der Waals surface area (Å²) in [7, 11) is 0. The highest BCUT2D eigenvalue weighted by Gasteiger charge is 2.16. The van der Waals surface area contributed by atoms with Crippen LogP contribution in [0.1, 0.15) is 6.92 Å². The Balaban J connectivity index is 2.08. The van der Waals surface area contributed by atoms with Crippen molar-refractivity contribution in [3.05, 3.63) is 24.4 Å². The normalized spacial score (nSPS) is 23.2. The Morgan fingerprint density at radius 2 is 2.62 bits per heavy atom.